The summed E-state index contributed by atoms with van der Waals surface area (Å²) in [6.07, 6.45) is 4.71. The second-order valence-corrected chi connectivity index (χ2v) is 6.01. The van der Waals surface area contributed by atoms with Gasteiger partial charge in [-0.05, 0) is 37.0 Å². The molecule has 0 spiro atoms. The van der Waals surface area contributed by atoms with E-state index in [4.69, 9.17) is 11.6 Å². The zero-order valence-electron chi connectivity index (χ0n) is 12.0. The number of hydrogen-bond donors (Lipinski definition) is 1. The zero-order valence-corrected chi connectivity index (χ0v) is 12.7. The molecular weight excluding hydrogens is 286 g/mol. The molecule has 110 valence electrons. The van der Waals surface area contributed by atoms with Crippen molar-refractivity contribution in [1.29, 1.82) is 0 Å². The summed E-state index contributed by atoms with van der Waals surface area (Å²) in [5, 5.41) is 7.79. The van der Waals surface area contributed by atoms with E-state index in [1.807, 2.05) is 31.3 Å². The molecule has 0 unspecified atom stereocenters. The van der Waals surface area contributed by atoms with Crippen molar-refractivity contribution in [2.45, 2.75) is 31.7 Å². The summed E-state index contributed by atoms with van der Waals surface area (Å²) in [4.78, 5) is 14.5. The standard InChI is InChI=1S/C16H18ClN3O/c1-20(10-11-5-7-12(17)8-6-11)16(21)13-3-2-4-15-14(13)9-18-19-15/h5-9,13H,2-4,10H2,1H3,(H,18,19)/t13-/m1/s1. The minimum atomic E-state index is -0.0650. The highest BCUT2D eigenvalue weighted by molar-refractivity contribution is 6.30. The second kappa shape index (κ2) is 5.90. The number of hydrogen-bond acceptors (Lipinski definition) is 2. The number of aromatic nitrogens is 2. The molecular formula is C16H18ClN3O. The molecule has 0 saturated heterocycles. The van der Waals surface area contributed by atoms with E-state index in [9.17, 15) is 4.79 Å². The number of nitrogens with one attached hydrogen (secondary N) is 1. The van der Waals surface area contributed by atoms with Crippen LogP contribution in [-0.4, -0.2) is 28.1 Å². The molecule has 1 amide bonds. The summed E-state index contributed by atoms with van der Waals surface area (Å²) in [5.41, 5.74) is 3.26. The Kier molecular flexibility index (Phi) is 3.97. The number of carbonyl (C=O) groups is 1. The van der Waals surface area contributed by atoms with Gasteiger partial charge in [0.2, 0.25) is 5.91 Å². The van der Waals surface area contributed by atoms with Gasteiger partial charge in [-0.1, -0.05) is 23.7 Å². The molecule has 1 heterocycles. The quantitative estimate of drug-likeness (QED) is 0.947. The van der Waals surface area contributed by atoms with Crippen molar-refractivity contribution in [2.75, 3.05) is 7.05 Å². The number of benzene rings is 1. The lowest BCUT2D eigenvalue weighted by Gasteiger charge is -2.26. The highest BCUT2D eigenvalue weighted by Gasteiger charge is 2.29. The van der Waals surface area contributed by atoms with E-state index in [0.29, 0.717) is 11.6 Å². The van der Waals surface area contributed by atoms with E-state index in [1.54, 1.807) is 11.1 Å². The van der Waals surface area contributed by atoms with Crippen molar-refractivity contribution >= 4 is 17.5 Å². The van der Waals surface area contributed by atoms with Gasteiger partial charge in [0.05, 0.1) is 12.1 Å². The average molecular weight is 304 g/mol. The van der Waals surface area contributed by atoms with Crippen LogP contribution in [0.15, 0.2) is 30.5 Å². The molecule has 0 aliphatic heterocycles. The van der Waals surface area contributed by atoms with Crippen molar-refractivity contribution in [2.24, 2.45) is 0 Å². The molecule has 1 N–H and O–H groups in total. The Morgan fingerprint density at radius 2 is 2.19 bits per heavy atom. The topological polar surface area (TPSA) is 49.0 Å². The number of halogens is 1. The van der Waals surface area contributed by atoms with E-state index in [2.05, 4.69) is 10.2 Å². The third-order valence-corrected chi connectivity index (χ3v) is 4.31. The molecule has 3 rings (SSSR count). The molecule has 21 heavy (non-hydrogen) atoms. The van der Waals surface area contributed by atoms with E-state index >= 15 is 0 Å². The van der Waals surface area contributed by atoms with Crippen LogP contribution in [0.25, 0.3) is 0 Å². The number of fused-ring (bicyclic) bond motifs is 1. The van der Waals surface area contributed by atoms with Crippen molar-refractivity contribution in [1.82, 2.24) is 15.1 Å². The van der Waals surface area contributed by atoms with Crippen LogP contribution in [0.3, 0.4) is 0 Å². The zero-order chi connectivity index (χ0) is 14.8. The lowest BCUT2D eigenvalue weighted by atomic mass is 9.86. The Labute approximate surface area is 129 Å². The van der Waals surface area contributed by atoms with Crippen LogP contribution < -0.4 is 0 Å². The van der Waals surface area contributed by atoms with Gasteiger partial charge < -0.3 is 4.90 Å². The molecule has 1 aliphatic carbocycles. The molecule has 5 heteroatoms. The summed E-state index contributed by atoms with van der Waals surface area (Å²) in [6, 6.07) is 7.61. The molecule has 2 aromatic rings. The van der Waals surface area contributed by atoms with Crippen molar-refractivity contribution < 1.29 is 4.79 Å². The van der Waals surface area contributed by atoms with Gasteiger partial charge in [-0.25, -0.2) is 0 Å². The Morgan fingerprint density at radius 1 is 1.43 bits per heavy atom. The average Bonchev–Trinajstić information content (AvgIpc) is 2.97. The van der Waals surface area contributed by atoms with Crippen LogP contribution >= 0.6 is 11.6 Å². The number of aromatic amines is 1. The predicted molar refractivity (Wildman–Crippen MR) is 82.2 cm³/mol. The first-order chi connectivity index (χ1) is 10.1. The minimum Gasteiger partial charge on any atom is -0.341 e. The number of nitrogens with zero attached hydrogens (tertiary/aromatic N) is 2. The first kappa shape index (κ1) is 14.1. The summed E-state index contributed by atoms with van der Waals surface area (Å²) < 4.78 is 0. The number of aryl methyl sites for hydroxylation is 1. The monoisotopic (exact) mass is 303 g/mol. The lowest BCUT2D eigenvalue weighted by Crippen LogP contribution is -2.32. The maximum Gasteiger partial charge on any atom is 0.230 e. The van der Waals surface area contributed by atoms with Crippen LogP contribution in [0.2, 0.25) is 5.02 Å². The number of amides is 1. The summed E-state index contributed by atoms with van der Waals surface area (Å²) in [6.45, 7) is 0.597. The molecule has 1 atom stereocenters. The molecule has 1 aliphatic rings. The van der Waals surface area contributed by atoms with Gasteiger partial charge in [0, 0.05) is 29.9 Å². The van der Waals surface area contributed by atoms with Crippen LogP contribution in [0, 0.1) is 0 Å². The second-order valence-electron chi connectivity index (χ2n) is 5.57. The van der Waals surface area contributed by atoms with E-state index in [0.717, 1.165) is 36.1 Å². The van der Waals surface area contributed by atoms with Crippen molar-refractivity contribution in [3.63, 3.8) is 0 Å². The number of likely N-dealkylation sites (N-methyl/N-ethyl adjacent to an activating group) is 1. The van der Waals surface area contributed by atoms with Gasteiger partial charge in [0.1, 0.15) is 0 Å². The maximum atomic E-state index is 12.7. The Bertz CT molecular complexity index is 635. The van der Waals surface area contributed by atoms with E-state index in [-0.39, 0.29) is 11.8 Å². The van der Waals surface area contributed by atoms with Gasteiger partial charge in [0.25, 0.3) is 0 Å². The van der Waals surface area contributed by atoms with Crippen molar-refractivity contribution in [3.8, 4) is 0 Å². The minimum absolute atomic E-state index is 0.0650. The van der Waals surface area contributed by atoms with Crippen molar-refractivity contribution in [3.05, 3.63) is 52.3 Å². The van der Waals surface area contributed by atoms with E-state index in [1.165, 1.54) is 0 Å². The molecule has 0 saturated carbocycles. The fourth-order valence-corrected chi connectivity index (χ4v) is 3.05. The number of carbonyl (C=O) groups excluding carboxylic acids is 1. The summed E-state index contributed by atoms with van der Waals surface area (Å²) in [7, 11) is 1.85. The fourth-order valence-electron chi connectivity index (χ4n) is 2.93. The molecule has 1 aromatic heterocycles. The molecule has 0 radical (unpaired) electrons. The SMILES string of the molecule is CN(Cc1ccc(Cl)cc1)C(=O)[C@@H]1CCCc2[nH]ncc21. The summed E-state index contributed by atoms with van der Waals surface area (Å²) in [5.74, 6) is 0.0945. The van der Waals surface area contributed by atoms with E-state index < -0.39 is 0 Å². The Morgan fingerprint density at radius 3 is 2.95 bits per heavy atom. The van der Waals surface area contributed by atoms with Gasteiger partial charge >= 0.3 is 0 Å². The number of H-pyrrole nitrogens is 1. The smallest absolute Gasteiger partial charge is 0.230 e. The van der Waals surface area contributed by atoms with Gasteiger partial charge in [-0.2, -0.15) is 5.10 Å². The molecule has 1 aromatic carbocycles. The summed E-state index contributed by atoms with van der Waals surface area (Å²) >= 11 is 5.89. The largest absolute Gasteiger partial charge is 0.341 e. The van der Waals surface area contributed by atoms with Crippen LogP contribution in [-0.2, 0) is 17.8 Å². The normalized spacial score (nSPS) is 17.3. The molecule has 0 fully saturated rings. The van der Waals surface area contributed by atoms with Gasteiger partial charge in [0.15, 0.2) is 0 Å². The van der Waals surface area contributed by atoms with Gasteiger partial charge in [-0.15, -0.1) is 0 Å². The Balaban J connectivity index is 1.72. The fraction of sp³-hybridized carbons (Fsp3) is 0.375. The number of rotatable bonds is 3. The van der Waals surface area contributed by atoms with Crippen LogP contribution in [0.1, 0.15) is 35.6 Å². The maximum absolute atomic E-state index is 12.7. The predicted octanol–water partition coefficient (Wildman–Crippen LogP) is 3.14. The first-order valence-electron chi connectivity index (χ1n) is 7.16. The lowest BCUT2D eigenvalue weighted by molar-refractivity contribution is -0.132. The highest BCUT2D eigenvalue weighted by atomic mass is 35.5. The Hall–Kier alpha value is -1.81. The third-order valence-electron chi connectivity index (χ3n) is 4.05. The van der Waals surface area contributed by atoms with Crippen LogP contribution in [0.5, 0.6) is 0 Å². The van der Waals surface area contributed by atoms with Crippen LogP contribution in [0.4, 0.5) is 0 Å². The first-order valence-corrected chi connectivity index (χ1v) is 7.54. The third kappa shape index (κ3) is 2.95. The van der Waals surface area contributed by atoms with Gasteiger partial charge in [-0.3, -0.25) is 9.89 Å². The highest BCUT2D eigenvalue weighted by Crippen LogP contribution is 2.31. The molecule has 4 nitrogen and oxygen atoms in total. The molecule has 0 bridgehead atoms.